The molecule has 0 radical (unpaired) electrons. The molecule has 0 aliphatic rings. The summed E-state index contributed by atoms with van der Waals surface area (Å²) in [5.41, 5.74) is 0. The van der Waals surface area contributed by atoms with Crippen molar-refractivity contribution in [3.8, 4) is 0 Å². The van der Waals surface area contributed by atoms with Gasteiger partial charge in [-0.05, 0) is 25.2 Å². The molecule has 3 heteroatoms. The predicted octanol–water partition coefficient (Wildman–Crippen LogP) is 3.45. The molecular weight excluding hydrogens is 228 g/mol. The molecule has 0 spiro atoms. The van der Waals surface area contributed by atoms with Crippen LogP contribution in [0.1, 0.15) is 6.92 Å². The topological polar surface area (TPSA) is 35.5 Å². The standard InChI is InChI=1S/C15H18O3/c1-4-6-7-10-13-18-14(5-2)11-8-9-12-15(16)17-3/h4-13H,1H2,2-3H3/b7-6-,11-8-,12-9+,13-10+,14-5+. The molecule has 0 unspecified atom stereocenters. The third kappa shape index (κ3) is 8.97. The Kier molecular flexibility index (Phi) is 9.78. The quantitative estimate of drug-likeness (QED) is 0.299. The second kappa shape index (κ2) is 11.2. The number of carbonyl (C=O) groups excluding carboxylic acids is 1. The lowest BCUT2D eigenvalue weighted by Crippen LogP contribution is -1.92. The number of esters is 1. The van der Waals surface area contributed by atoms with Gasteiger partial charge in [0.05, 0.1) is 13.4 Å². The van der Waals surface area contributed by atoms with E-state index in [4.69, 9.17) is 4.74 Å². The normalized spacial score (nSPS) is 12.9. The van der Waals surface area contributed by atoms with Crippen molar-refractivity contribution in [1.29, 1.82) is 0 Å². The van der Waals surface area contributed by atoms with Gasteiger partial charge in [0.1, 0.15) is 5.76 Å². The van der Waals surface area contributed by atoms with Crippen LogP contribution >= 0.6 is 0 Å². The first kappa shape index (κ1) is 15.7. The Hall–Kier alpha value is -2.29. The van der Waals surface area contributed by atoms with E-state index in [0.29, 0.717) is 5.76 Å². The van der Waals surface area contributed by atoms with Crippen LogP contribution < -0.4 is 0 Å². The van der Waals surface area contributed by atoms with Gasteiger partial charge in [0, 0.05) is 6.08 Å². The van der Waals surface area contributed by atoms with Gasteiger partial charge in [0.2, 0.25) is 0 Å². The molecule has 0 aliphatic carbocycles. The third-order valence-electron chi connectivity index (χ3n) is 1.73. The van der Waals surface area contributed by atoms with Crippen molar-refractivity contribution in [2.75, 3.05) is 7.11 Å². The van der Waals surface area contributed by atoms with Crippen molar-refractivity contribution in [3.63, 3.8) is 0 Å². The zero-order chi connectivity index (χ0) is 13.6. The molecule has 0 aromatic heterocycles. The number of allylic oxidation sites excluding steroid dienone is 8. The van der Waals surface area contributed by atoms with E-state index < -0.39 is 5.97 Å². The Bertz CT molecular complexity index is 396. The summed E-state index contributed by atoms with van der Waals surface area (Å²) >= 11 is 0. The van der Waals surface area contributed by atoms with Gasteiger partial charge in [-0.25, -0.2) is 4.79 Å². The van der Waals surface area contributed by atoms with Gasteiger partial charge < -0.3 is 9.47 Å². The summed E-state index contributed by atoms with van der Waals surface area (Å²) in [4.78, 5) is 10.8. The number of hydrogen-bond acceptors (Lipinski definition) is 3. The number of rotatable bonds is 7. The molecule has 96 valence electrons. The second-order valence-corrected chi connectivity index (χ2v) is 3.00. The minimum atomic E-state index is -0.392. The van der Waals surface area contributed by atoms with Crippen molar-refractivity contribution < 1.29 is 14.3 Å². The van der Waals surface area contributed by atoms with E-state index in [1.54, 1.807) is 48.8 Å². The van der Waals surface area contributed by atoms with Crippen LogP contribution in [0, 0.1) is 0 Å². The lowest BCUT2D eigenvalue weighted by Gasteiger charge is -1.97. The Morgan fingerprint density at radius 3 is 2.39 bits per heavy atom. The van der Waals surface area contributed by atoms with Crippen LogP contribution in [0.15, 0.2) is 73.3 Å². The lowest BCUT2D eigenvalue weighted by molar-refractivity contribution is -0.134. The molecule has 0 rings (SSSR count). The SMILES string of the molecule is C=C/C=C\C=C\OC(/C=C\C=C\C(=O)OC)=C/C. The molecule has 0 amide bonds. The van der Waals surface area contributed by atoms with E-state index in [1.165, 1.54) is 13.2 Å². The maximum absolute atomic E-state index is 10.8. The Morgan fingerprint density at radius 2 is 1.78 bits per heavy atom. The smallest absolute Gasteiger partial charge is 0.330 e. The maximum atomic E-state index is 10.8. The Labute approximate surface area is 108 Å². The first-order valence-corrected chi connectivity index (χ1v) is 5.44. The van der Waals surface area contributed by atoms with Gasteiger partial charge in [-0.2, -0.15) is 0 Å². The minimum absolute atomic E-state index is 0.392. The third-order valence-corrected chi connectivity index (χ3v) is 1.73. The molecule has 0 saturated heterocycles. The molecule has 18 heavy (non-hydrogen) atoms. The van der Waals surface area contributed by atoms with Crippen molar-refractivity contribution in [2.24, 2.45) is 0 Å². The molecule has 0 saturated carbocycles. The van der Waals surface area contributed by atoms with E-state index in [1.807, 2.05) is 13.0 Å². The van der Waals surface area contributed by atoms with E-state index in [2.05, 4.69) is 11.3 Å². The molecule has 0 aromatic rings. The van der Waals surface area contributed by atoms with Crippen molar-refractivity contribution >= 4 is 5.97 Å². The van der Waals surface area contributed by atoms with E-state index in [9.17, 15) is 4.79 Å². The average Bonchev–Trinajstić information content (AvgIpc) is 2.40. The average molecular weight is 246 g/mol. The van der Waals surface area contributed by atoms with E-state index in [0.717, 1.165) is 0 Å². The van der Waals surface area contributed by atoms with Crippen molar-refractivity contribution in [1.82, 2.24) is 0 Å². The van der Waals surface area contributed by atoms with Crippen LogP contribution in [0.25, 0.3) is 0 Å². The highest BCUT2D eigenvalue weighted by molar-refractivity contribution is 5.82. The van der Waals surface area contributed by atoms with Crippen LogP contribution in [0.4, 0.5) is 0 Å². The highest BCUT2D eigenvalue weighted by atomic mass is 16.5. The van der Waals surface area contributed by atoms with E-state index in [-0.39, 0.29) is 0 Å². The highest BCUT2D eigenvalue weighted by Gasteiger charge is 1.88. The lowest BCUT2D eigenvalue weighted by atomic mass is 10.3. The largest absolute Gasteiger partial charge is 0.466 e. The Balaban J connectivity index is 4.20. The number of methoxy groups -OCH3 is 1. The molecule has 0 atom stereocenters. The number of carbonyl (C=O) groups is 1. The summed E-state index contributed by atoms with van der Waals surface area (Å²) in [6, 6.07) is 0. The fourth-order valence-electron chi connectivity index (χ4n) is 0.862. The molecular formula is C15H18O3. The van der Waals surface area contributed by atoms with E-state index >= 15 is 0 Å². The van der Waals surface area contributed by atoms with Gasteiger partial charge in [-0.1, -0.05) is 37.0 Å². The van der Waals surface area contributed by atoms with Crippen LogP contribution in [0.5, 0.6) is 0 Å². The van der Waals surface area contributed by atoms with Gasteiger partial charge in [0.25, 0.3) is 0 Å². The molecule has 0 aliphatic heterocycles. The number of ether oxygens (including phenoxy) is 2. The van der Waals surface area contributed by atoms with Gasteiger partial charge in [0.15, 0.2) is 0 Å². The molecule has 0 N–H and O–H groups in total. The monoisotopic (exact) mass is 246 g/mol. The molecule has 0 bridgehead atoms. The summed E-state index contributed by atoms with van der Waals surface area (Å²) in [5.74, 6) is 0.282. The summed E-state index contributed by atoms with van der Waals surface area (Å²) in [5, 5.41) is 0. The zero-order valence-electron chi connectivity index (χ0n) is 10.7. The van der Waals surface area contributed by atoms with Gasteiger partial charge in [-0.15, -0.1) is 0 Å². The minimum Gasteiger partial charge on any atom is -0.466 e. The van der Waals surface area contributed by atoms with Crippen molar-refractivity contribution in [2.45, 2.75) is 6.92 Å². The predicted molar refractivity (Wildman–Crippen MR) is 73.6 cm³/mol. The van der Waals surface area contributed by atoms with Gasteiger partial charge in [-0.3, -0.25) is 0 Å². The fraction of sp³-hybridized carbons (Fsp3) is 0.133. The Morgan fingerprint density at radius 1 is 1.06 bits per heavy atom. The summed E-state index contributed by atoms with van der Waals surface area (Å²) < 4.78 is 9.78. The summed E-state index contributed by atoms with van der Waals surface area (Å²) in [6.45, 7) is 5.41. The van der Waals surface area contributed by atoms with Crippen LogP contribution in [-0.2, 0) is 14.3 Å². The van der Waals surface area contributed by atoms with Crippen LogP contribution in [0.3, 0.4) is 0 Å². The van der Waals surface area contributed by atoms with Gasteiger partial charge >= 0.3 is 5.97 Å². The molecule has 3 nitrogen and oxygen atoms in total. The fourth-order valence-corrected chi connectivity index (χ4v) is 0.862. The highest BCUT2D eigenvalue weighted by Crippen LogP contribution is 2.00. The molecule has 0 fully saturated rings. The summed E-state index contributed by atoms with van der Waals surface area (Å²) in [7, 11) is 1.33. The number of hydrogen-bond donors (Lipinski definition) is 0. The van der Waals surface area contributed by atoms with Crippen molar-refractivity contribution in [3.05, 3.63) is 73.3 Å². The second-order valence-electron chi connectivity index (χ2n) is 3.00. The first-order valence-electron chi connectivity index (χ1n) is 5.44. The zero-order valence-corrected chi connectivity index (χ0v) is 10.7. The van der Waals surface area contributed by atoms with Crippen LogP contribution in [-0.4, -0.2) is 13.1 Å². The summed E-state index contributed by atoms with van der Waals surface area (Å²) in [6.07, 6.45) is 16.7. The maximum Gasteiger partial charge on any atom is 0.330 e. The first-order chi connectivity index (χ1) is 8.74. The molecule has 0 heterocycles. The molecule has 0 aromatic carbocycles. The van der Waals surface area contributed by atoms with Crippen LogP contribution in [0.2, 0.25) is 0 Å².